The van der Waals surface area contributed by atoms with Gasteiger partial charge in [-0.15, -0.1) is 0 Å². The molecule has 3 nitrogen and oxygen atoms in total. The molecule has 0 aromatic heterocycles. The maximum atomic E-state index is 13.0. The highest BCUT2D eigenvalue weighted by atomic mass is 35.5. The highest BCUT2D eigenvalue weighted by Crippen LogP contribution is 2.16. The Labute approximate surface area is 112 Å². The second-order valence-corrected chi connectivity index (χ2v) is 4.54. The molecule has 0 aliphatic rings. The Balaban J connectivity index is 2.49. The van der Waals surface area contributed by atoms with Gasteiger partial charge in [0.25, 0.3) is 0 Å². The number of benzene rings is 1. The summed E-state index contributed by atoms with van der Waals surface area (Å²) >= 11 is 5.94. The molecule has 1 rings (SSSR count). The summed E-state index contributed by atoms with van der Waals surface area (Å²) in [6.45, 7) is 4.77. The molecule has 0 aliphatic carbocycles. The summed E-state index contributed by atoms with van der Waals surface area (Å²) in [5, 5.41) is 6.29. The van der Waals surface area contributed by atoms with Crippen LogP contribution in [-0.4, -0.2) is 18.5 Å². The van der Waals surface area contributed by atoms with E-state index in [4.69, 9.17) is 11.6 Å². The first-order valence-electron chi connectivity index (χ1n) is 5.99. The lowest BCUT2D eigenvalue weighted by Crippen LogP contribution is -2.42. The molecule has 2 N–H and O–H groups in total. The Morgan fingerprint density at radius 3 is 2.89 bits per heavy atom. The molecule has 0 heterocycles. The smallest absolute Gasteiger partial charge is 0.236 e. The first kappa shape index (κ1) is 14.9. The SMILES string of the molecule is CCCNC(=O)C(C)NCc1cc(F)ccc1Cl. The number of hydrogen-bond donors (Lipinski definition) is 2. The molecule has 0 saturated carbocycles. The van der Waals surface area contributed by atoms with Crippen LogP contribution < -0.4 is 10.6 Å². The minimum atomic E-state index is -0.337. The van der Waals surface area contributed by atoms with E-state index in [1.165, 1.54) is 18.2 Å². The van der Waals surface area contributed by atoms with Crippen molar-refractivity contribution in [3.63, 3.8) is 0 Å². The average molecular weight is 273 g/mol. The number of halogens is 2. The number of carbonyl (C=O) groups excluding carboxylic acids is 1. The van der Waals surface area contributed by atoms with E-state index in [1.807, 2.05) is 6.92 Å². The molecule has 18 heavy (non-hydrogen) atoms. The Morgan fingerprint density at radius 2 is 2.22 bits per heavy atom. The number of nitrogens with one attached hydrogen (secondary N) is 2. The van der Waals surface area contributed by atoms with Gasteiger partial charge in [0.2, 0.25) is 5.91 Å². The zero-order valence-corrected chi connectivity index (χ0v) is 11.4. The molecule has 1 atom stereocenters. The van der Waals surface area contributed by atoms with Gasteiger partial charge in [-0.3, -0.25) is 4.79 Å². The van der Waals surface area contributed by atoms with Crippen LogP contribution in [0.25, 0.3) is 0 Å². The molecule has 0 fully saturated rings. The largest absolute Gasteiger partial charge is 0.355 e. The van der Waals surface area contributed by atoms with Gasteiger partial charge < -0.3 is 10.6 Å². The third-order valence-electron chi connectivity index (χ3n) is 2.55. The molecular formula is C13H18ClFN2O. The van der Waals surface area contributed by atoms with E-state index in [-0.39, 0.29) is 17.8 Å². The van der Waals surface area contributed by atoms with Crippen LogP contribution in [0, 0.1) is 5.82 Å². The lowest BCUT2D eigenvalue weighted by Gasteiger charge is -2.14. The van der Waals surface area contributed by atoms with Gasteiger partial charge in [-0.1, -0.05) is 18.5 Å². The molecule has 1 aromatic rings. The predicted molar refractivity (Wildman–Crippen MR) is 71.0 cm³/mol. The Bertz CT molecular complexity index is 412. The van der Waals surface area contributed by atoms with Gasteiger partial charge in [0, 0.05) is 18.1 Å². The summed E-state index contributed by atoms with van der Waals surface area (Å²) in [4.78, 5) is 11.6. The van der Waals surface area contributed by atoms with Crippen LogP contribution in [0.5, 0.6) is 0 Å². The van der Waals surface area contributed by atoms with E-state index in [0.29, 0.717) is 23.7 Å². The van der Waals surface area contributed by atoms with E-state index >= 15 is 0 Å². The van der Waals surface area contributed by atoms with Gasteiger partial charge in [0.15, 0.2) is 0 Å². The number of amides is 1. The minimum Gasteiger partial charge on any atom is -0.355 e. The third-order valence-corrected chi connectivity index (χ3v) is 2.92. The molecule has 1 unspecified atom stereocenters. The summed E-state index contributed by atoms with van der Waals surface area (Å²) in [5.41, 5.74) is 0.645. The van der Waals surface area contributed by atoms with E-state index in [0.717, 1.165) is 6.42 Å². The molecule has 0 radical (unpaired) electrons. The van der Waals surface area contributed by atoms with E-state index in [2.05, 4.69) is 10.6 Å². The highest BCUT2D eigenvalue weighted by Gasteiger charge is 2.12. The van der Waals surface area contributed by atoms with Gasteiger partial charge in [-0.2, -0.15) is 0 Å². The van der Waals surface area contributed by atoms with Crippen LogP contribution in [-0.2, 0) is 11.3 Å². The normalized spacial score (nSPS) is 12.2. The molecule has 0 saturated heterocycles. The predicted octanol–water partition coefficient (Wildman–Crippen LogP) is 2.48. The fraction of sp³-hybridized carbons (Fsp3) is 0.462. The second-order valence-electron chi connectivity index (χ2n) is 4.13. The number of hydrogen-bond acceptors (Lipinski definition) is 2. The molecule has 0 spiro atoms. The van der Waals surface area contributed by atoms with E-state index in [1.54, 1.807) is 6.92 Å². The molecule has 1 amide bonds. The standard InChI is InChI=1S/C13H18ClFN2O/c1-3-6-16-13(18)9(2)17-8-10-7-11(15)4-5-12(10)14/h4-5,7,9,17H,3,6,8H2,1-2H3,(H,16,18). The topological polar surface area (TPSA) is 41.1 Å². The fourth-order valence-corrected chi connectivity index (χ4v) is 1.62. The highest BCUT2D eigenvalue weighted by molar-refractivity contribution is 6.31. The third kappa shape index (κ3) is 4.63. The maximum absolute atomic E-state index is 13.0. The van der Waals surface area contributed by atoms with Crippen molar-refractivity contribution in [2.45, 2.75) is 32.9 Å². The summed E-state index contributed by atoms with van der Waals surface area (Å²) < 4.78 is 13.0. The van der Waals surface area contributed by atoms with Gasteiger partial charge >= 0.3 is 0 Å². The first-order valence-corrected chi connectivity index (χ1v) is 6.37. The zero-order valence-electron chi connectivity index (χ0n) is 10.6. The van der Waals surface area contributed by atoms with Crippen LogP contribution in [0.4, 0.5) is 4.39 Å². The van der Waals surface area contributed by atoms with Gasteiger partial charge in [-0.25, -0.2) is 4.39 Å². The second kappa shape index (κ2) is 7.34. The van der Waals surface area contributed by atoms with E-state index < -0.39 is 0 Å². The molecule has 0 aliphatic heterocycles. The number of rotatable bonds is 6. The van der Waals surface area contributed by atoms with Crippen molar-refractivity contribution in [3.05, 3.63) is 34.6 Å². The van der Waals surface area contributed by atoms with Crippen molar-refractivity contribution in [3.8, 4) is 0 Å². The Morgan fingerprint density at radius 1 is 1.50 bits per heavy atom. The molecular weight excluding hydrogens is 255 g/mol. The van der Waals surface area contributed by atoms with Crippen LogP contribution in [0.1, 0.15) is 25.8 Å². The van der Waals surface area contributed by atoms with Gasteiger partial charge in [0.1, 0.15) is 5.82 Å². The van der Waals surface area contributed by atoms with Crippen LogP contribution >= 0.6 is 11.6 Å². The maximum Gasteiger partial charge on any atom is 0.236 e. The quantitative estimate of drug-likeness (QED) is 0.835. The van der Waals surface area contributed by atoms with Crippen molar-refractivity contribution in [1.82, 2.24) is 10.6 Å². The number of carbonyl (C=O) groups is 1. The van der Waals surface area contributed by atoms with Crippen LogP contribution in [0.15, 0.2) is 18.2 Å². The fourth-order valence-electron chi connectivity index (χ4n) is 1.44. The van der Waals surface area contributed by atoms with Crippen molar-refractivity contribution < 1.29 is 9.18 Å². The van der Waals surface area contributed by atoms with E-state index in [9.17, 15) is 9.18 Å². The molecule has 1 aromatic carbocycles. The van der Waals surface area contributed by atoms with Crippen molar-refractivity contribution >= 4 is 17.5 Å². The Kier molecular flexibility index (Phi) is 6.09. The summed E-state index contributed by atoms with van der Waals surface area (Å²) in [7, 11) is 0. The van der Waals surface area contributed by atoms with Crippen molar-refractivity contribution in [1.29, 1.82) is 0 Å². The van der Waals surface area contributed by atoms with Crippen molar-refractivity contribution in [2.75, 3.05) is 6.54 Å². The lowest BCUT2D eigenvalue weighted by atomic mass is 10.2. The molecule has 0 bridgehead atoms. The molecule has 100 valence electrons. The Hall–Kier alpha value is -1.13. The lowest BCUT2D eigenvalue weighted by molar-refractivity contribution is -0.122. The average Bonchev–Trinajstić information content (AvgIpc) is 2.36. The van der Waals surface area contributed by atoms with Gasteiger partial charge in [0.05, 0.1) is 6.04 Å². The van der Waals surface area contributed by atoms with Crippen LogP contribution in [0.2, 0.25) is 5.02 Å². The summed E-state index contributed by atoms with van der Waals surface area (Å²) in [6.07, 6.45) is 0.897. The van der Waals surface area contributed by atoms with Crippen molar-refractivity contribution in [2.24, 2.45) is 0 Å². The van der Waals surface area contributed by atoms with Crippen LogP contribution in [0.3, 0.4) is 0 Å². The monoisotopic (exact) mass is 272 g/mol. The zero-order chi connectivity index (χ0) is 13.5. The summed E-state index contributed by atoms with van der Waals surface area (Å²) in [5.74, 6) is -0.399. The minimum absolute atomic E-state index is 0.0654. The molecule has 5 heteroatoms. The summed E-state index contributed by atoms with van der Waals surface area (Å²) in [6, 6.07) is 3.85. The first-order chi connectivity index (χ1) is 8.54. The van der Waals surface area contributed by atoms with Gasteiger partial charge in [-0.05, 0) is 37.1 Å².